The van der Waals surface area contributed by atoms with Gasteiger partial charge in [-0.3, -0.25) is 0 Å². The topological polar surface area (TPSA) is 8.29 Å². The SMILES string of the molecule is Cc1c2ccccc2c(C)c2c1c1c3c(cc[n+]1C)cc(C1CCC(C)(C)CC1)c1c4ccccc4n2c13. The minimum Gasteiger partial charge on any atom is -0.307 e. The van der Waals surface area contributed by atoms with Gasteiger partial charge in [-0.15, -0.1) is 0 Å². The van der Waals surface area contributed by atoms with Crippen molar-refractivity contribution >= 4 is 59.8 Å². The number of nitrogens with zero attached hydrogens (tertiary/aromatic N) is 2. The summed E-state index contributed by atoms with van der Waals surface area (Å²) in [6, 6.07) is 23.0. The molecule has 1 aliphatic rings. The van der Waals surface area contributed by atoms with Gasteiger partial charge in [0.25, 0.3) is 0 Å². The molecule has 0 atom stereocenters. The average Bonchev–Trinajstić information content (AvgIpc) is 3.27. The van der Waals surface area contributed by atoms with E-state index in [1.807, 2.05) is 0 Å². The number of hydrogen-bond acceptors (Lipinski definition) is 0. The first-order valence-corrected chi connectivity index (χ1v) is 14.3. The van der Waals surface area contributed by atoms with Crippen molar-refractivity contribution in [1.29, 1.82) is 0 Å². The van der Waals surface area contributed by atoms with E-state index in [4.69, 9.17) is 0 Å². The van der Waals surface area contributed by atoms with Gasteiger partial charge in [-0.2, -0.15) is 0 Å². The molecule has 188 valence electrons. The van der Waals surface area contributed by atoms with Crippen LogP contribution in [0.15, 0.2) is 66.9 Å². The first kappa shape index (κ1) is 22.3. The lowest BCUT2D eigenvalue weighted by Crippen LogP contribution is -2.29. The molecule has 2 heteroatoms. The van der Waals surface area contributed by atoms with Crippen molar-refractivity contribution in [1.82, 2.24) is 4.40 Å². The lowest BCUT2D eigenvalue weighted by atomic mass is 9.70. The maximum atomic E-state index is 2.64. The summed E-state index contributed by atoms with van der Waals surface area (Å²) < 4.78 is 5.01. The van der Waals surface area contributed by atoms with Crippen LogP contribution in [0.25, 0.3) is 59.8 Å². The predicted octanol–water partition coefficient (Wildman–Crippen LogP) is 9.27. The molecule has 1 fully saturated rings. The van der Waals surface area contributed by atoms with Crippen LogP contribution in [0, 0.1) is 19.3 Å². The molecular formula is C36H35N2+. The zero-order valence-electron chi connectivity index (χ0n) is 23.2. The second kappa shape index (κ2) is 7.47. The van der Waals surface area contributed by atoms with Crippen molar-refractivity contribution in [3.8, 4) is 0 Å². The van der Waals surface area contributed by atoms with E-state index in [9.17, 15) is 0 Å². The van der Waals surface area contributed by atoms with Crippen molar-refractivity contribution in [2.24, 2.45) is 12.5 Å². The lowest BCUT2D eigenvalue weighted by molar-refractivity contribution is -0.643. The summed E-state index contributed by atoms with van der Waals surface area (Å²) in [7, 11) is 2.23. The Bertz CT molecular complexity index is 2080. The van der Waals surface area contributed by atoms with E-state index in [1.165, 1.54) is 96.6 Å². The van der Waals surface area contributed by atoms with Gasteiger partial charge in [0.15, 0.2) is 6.20 Å². The standard InChI is InChI=1S/C36H35N2/c1-21-25-10-6-7-11-26(25)22(2)33-30(21)34-31-24(16-19-37(34)5)20-28(23-14-17-36(3,4)18-15-23)32-27-12-8-9-13-29(27)38(33)35(31)32/h6-13,16,19-20,23H,14-15,17-18H2,1-5H3/q+1. The molecule has 0 saturated heterocycles. The van der Waals surface area contributed by atoms with Gasteiger partial charge in [-0.25, -0.2) is 4.57 Å². The van der Waals surface area contributed by atoms with E-state index in [2.05, 4.69) is 111 Å². The smallest absolute Gasteiger partial charge is 0.224 e. The average molecular weight is 496 g/mol. The number of fused-ring (bicyclic) bond motifs is 7. The fourth-order valence-corrected chi connectivity index (χ4v) is 7.94. The van der Waals surface area contributed by atoms with E-state index >= 15 is 0 Å². The van der Waals surface area contributed by atoms with E-state index in [-0.39, 0.29) is 0 Å². The van der Waals surface area contributed by atoms with Gasteiger partial charge < -0.3 is 4.40 Å². The molecule has 3 aromatic heterocycles. The van der Waals surface area contributed by atoms with Crippen LogP contribution in [0.1, 0.15) is 62.1 Å². The summed E-state index contributed by atoms with van der Waals surface area (Å²) >= 11 is 0. The molecule has 8 rings (SSSR count). The molecule has 0 spiro atoms. The molecule has 0 N–H and O–H groups in total. The number of aryl methyl sites for hydroxylation is 3. The molecule has 2 nitrogen and oxygen atoms in total. The molecule has 0 bridgehead atoms. The molecule has 3 heterocycles. The maximum absolute atomic E-state index is 2.64. The summed E-state index contributed by atoms with van der Waals surface area (Å²) in [6.07, 6.45) is 7.44. The third-order valence-corrected chi connectivity index (χ3v) is 10.0. The van der Waals surface area contributed by atoms with Crippen LogP contribution in [0.4, 0.5) is 0 Å². The number of rotatable bonds is 1. The van der Waals surface area contributed by atoms with E-state index in [0.29, 0.717) is 11.3 Å². The van der Waals surface area contributed by atoms with Crippen molar-refractivity contribution in [2.45, 2.75) is 59.3 Å². The Morgan fingerprint density at radius 2 is 1.42 bits per heavy atom. The molecule has 0 radical (unpaired) electrons. The monoisotopic (exact) mass is 495 g/mol. The number of pyridine rings is 2. The first-order valence-electron chi connectivity index (χ1n) is 14.3. The second-order valence-corrected chi connectivity index (χ2v) is 12.7. The Morgan fingerprint density at radius 1 is 0.763 bits per heavy atom. The highest BCUT2D eigenvalue weighted by atomic mass is 15.0. The largest absolute Gasteiger partial charge is 0.307 e. The van der Waals surface area contributed by atoms with Gasteiger partial charge in [0, 0.05) is 16.8 Å². The number of benzene rings is 4. The van der Waals surface area contributed by atoms with Gasteiger partial charge in [0.2, 0.25) is 5.52 Å². The highest BCUT2D eigenvalue weighted by Gasteiger charge is 2.32. The van der Waals surface area contributed by atoms with E-state index in [1.54, 1.807) is 5.56 Å². The molecule has 0 aliphatic heterocycles. The van der Waals surface area contributed by atoms with Crippen LogP contribution in [0.2, 0.25) is 0 Å². The van der Waals surface area contributed by atoms with Crippen molar-refractivity contribution in [2.75, 3.05) is 0 Å². The summed E-state index contributed by atoms with van der Waals surface area (Å²) in [5, 5.41) is 9.78. The van der Waals surface area contributed by atoms with Gasteiger partial charge in [0.05, 0.1) is 27.3 Å². The summed E-state index contributed by atoms with van der Waals surface area (Å²) in [6.45, 7) is 9.55. The van der Waals surface area contributed by atoms with Crippen LogP contribution >= 0.6 is 0 Å². The molecule has 1 saturated carbocycles. The quantitative estimate of drug-likeness (QED) is 0.122. The van der Waals surface area contributed by atoms with Crippen LogP contribution in [-0.2, 0) is 7.05 Å². The highest BCUT2D eigenvalue weighted by molar-refractivity contribution is 6.29. The zero-order chi connectivity index (χ0) is 25.9. The van der Waals surface area contributed by atoms with Gasteiger partial charge in [-0.05, 0) is 95.8 Å². The van der Waals surface area contributed by atoms with Crippen LogP contribution < -0.4 is 4.57 Å². The Kier molecular flexibility index (Phi) is 4.39. The van der Waals surface area contributed by atoms with Crippen LogP contribution in [-0.4, -0.2) is 4.40 Å². The summed E-state index contributed by atoms with van der Waals surface area (Å²) in [5.41, 5.74) is 10.3. The second-order valence-electron chi connectivity index (χ2n) is 12.7. The Labute approximate surface area is 223 Å². The normalized spacial score (nSPS) is 16.8. The van der Waals surface area contributed by atoms with Gasteiger partial charge >= 0.3 is 0 Å². The van der Waals surface area contributed by atoms with Crippen molar-refractivity contribution in [3.05, 3.63) is 83.6 Å². The molecule has 4 aromatic carbocycles. The van der Waals surface area contributed by atoms with Gasteiger partial charge in [0.1, 0.15) is 7.05 Å². The summed E-state index contributed by atoms with van der Waals surface area (Å²) in [4.78, 5) is 0. The highest BCUT2D eigenvalue weighted by Crippen LogP contribution is 2.49. The van der Waals surface area contributed by atoms with E-state index < -0.39 is 0 Å². The minimum atomic E-state index is 0.460. The Morgan fingerprint density at radius 3 is 2.16 bits per heavy atom. The Balaban J connectivity index is 1.67. The molecule has 38 heavy (non-hydrogen) atoms. The van der Waals surface area contributed by atoms with Crippen LogP contribution in [0.3, 0.4) is 0 Å². The predicted molar refractivity (Wildman–Crippen MR) is 162 cm³/mol. The van der Waals surface area contributed by atoms with Crippen molar-refractivity contribution < 1.29 is 4.57 Å². The fraction of sp³-hybridized carbons (Fsp3) is 0.306. The maximum Gasteiger partial charge on any atom is 0.224 e. The molecule has 7 aromatic rings. The fourth-order valence-electron chi connectivity index (χ4n) is 7.94. The first-order chi connectivity index (χ1) is 18.4. The number of hydrogen-bond donors (Lipinski definition) is 0. The zero-order valence-corrected chi connectivity index (χ0v) is 23.2. The summed E-state index contributed by atoms with van der Waals surface area (Å²) in [5.74, 6) is 0.616. The third-order valence-electron chi connectivity index (χ3n) is 10.0. The van der Waals surface area contributed by atoms with Crippen LogP contribution in [0.5, 0.6) is 0 Å². The van der Waals surface area contributed by atoms with Crippen molar-refractivity contribution in [3.63, 3.8) is 0 Å². The number of para-hydroxylation sites is 1. The Hall–Kier alpha value is -3.65. The molecule has 0 amide bonds. The molecule has 1 aliphatic carbocycles. The van der Waals surface area contributed by atoms with Gasteiger partial charge in [-0.1, -0.05) is 56.3 Å². The van der Waals surface area contributed by atoms with E-state index in [0.717, 1.165) is 0 Å². The molecular weight excluding hydrogens is 460 g/mol. The third kappa shape index (κ3) is 2.76. The number of aromatic nitrogens is 2. The minimum absolute atomic E-state index is 0.460. The lowest BCUT2D eigenvalue weighted by Gasteiger charge is -2.35. The molecule has 0 unspecified atom stereocenters.